The highest BCUT2D eigenvalue weighted by Gasteiger charge is 1.91. The van der Waals surface area contributed by atoms with Crippen molar-refractivity contribution in [3.8, 4) is 0 Å². The normalized spacial score (nSPS) is 9.55. The minimum atomic E-state index is 1.01. The Bertz CT molecular complexity index is 226. The predicted octanol–water partition coefficient (Wildman–Crippen LogP) is 2.59. The molecule has 0 amide bonds. The molecule has 0 N–H and O–H groups in total. The van der Waals surface area contributed by atoms with Crippen LogP contribution in [-0.4, -0.2) is 4.98 Å². The molecule has 0 spiro atoms. The van der Waals surface area contributed by atoms with Crippen LogP contribution < -0.4 is 0 Å². The molecule has 1 heterocycles. The first kappa shape index (κ1) is 7.99. The maximum absolute atomic E-state index is 4.21. The lowest BCUT2D eigenvalue weighted by Crippen LogP contribution is -1.88. The summed E-state index contributed by atoms with van der Waals surface area (Å²) in [5, 5.41) is 0. The first-order valence-corrected chi connectivity index (χ1v) is 3.83. The van der Waals surface area contributed by atoms with Crippen molar-refractivity contribution < 1.29 is 0 Å². The number of hydrogen-bond acceptors (Lipinski definition) is 1. The van der Waals surface area contributed by atoms with E-state index in [1.54, 1.807) is 0 Å². The molecule has 0 radical (unpaired) electrons. The van der Waals surface area contributed by atoms with Crippen molar-refractivity contribution in [3.05, 3.63) is 42.2 Å². The second kappa shape index (κ2) is 3.91. The fourth-order valence-electron chi connectivity index (χ4n) is 0.887. The van der Waals surface area contributed by atoms with E-state index in [9.17, 15) is 0 Å². The molecule has 0 saturated carbocycles. The summed E-state index contributed by atoms with van der Waals surface area (Å²) in [5.41, 5.74) is 2.37. The van der Waals surface area contributed by atoms with Gasteiger partial charge in [-0.2, -0.15) is 0 Å². The van der Waals surface area contributed by atoms with E-state index in [1.165, 1.54) is 5.57 Å². The Labute approximate surface area is 67.8 Å². The molecule has 1 aromatic heterocycles. The van der Waals surface area contributed by atoms with Crippen molar-refractivity contribution in [1.82, 2.24) is 4.98 Å². The molecule has 0 unspecified atom stereocenters. The highest BCUT2D eigenvalue weighted by molar-refractivity contribution is 5.05. The summed E-state index contributed by atoms with van der Waals surface area (Å²) in [6, 6.07) is 5.99. The zero-order valence-corrected chi connectivity index (χ0v) is 6.88. The van der Waals surface area contributed by atoms with Gasteiger partial charge in [-0.05, 0) is 31.9 Å². The zero-order valence-electron chi connectivity index (χ0n) is 6.88. The van der Waals surface area contributed by atoms with Gasteiger partial charge in [0.05, 0.1) is 0 Å². The minimum Gasteiger partial charge on any atom is -0.261 e. The van der Waals surface area contributed by atoms with Crippen molar-refractivity contribution in [1.29, 1.82) is 0 Å². The molecule has 58 valence electrons. The monoisotopic (exact) mass is 147 g/mol. The van der Waals surface area contributed by atoms with Gasteiger partial charge in [-0.15, -0.1) is 6.58 Å². The van der Waals surface area contributed by atoms with Crippen molar-refractivity contribution in [2.75, 3.05) is 0 Å². The van der Waals surface area contributed by atoms with Crippen molar-refractivity contribution in [2.45, 2.75) is 19.8 Å². The van der Waals surface area contributed by atoms with Gasteiger partial charge in [0.25, 0.3) is 0 Å². The van der Waals surface area contributed by atoms with Crippen LogP contribution in [0, 0.1) is 0 Å². The van der Waals surface area contributed by atoms with Crippen molar-refractivity contribution in [2.24, 2.45) is 0 Å². The third-order valence-electron chi connectivity index (χ3n) is 1.53. The van der Waals surface area contributed by atoms with Crippen LogP contribution in [0.5, 0.6) is 0 Å². The zero-order chi connectivity index (χ0) is 8.10. The third-order valence-corrected chi connectivity index (χ3v) is 1.53. The van der Waals surface area contributed by atoms with E-state index in [2.05, 4.69) is 11.6 Å². The Morgan fingerprint density at radius 3 is 2.91 bits per heavy atom. The van der Waals surface area contributed by atoms with Crippen LogP contribution in [0.4, 0.5) is 0 Å². The summed E-state index contributed by atoms with van der Waals surface area (Å²) in [7, 11) is 0. The molecule has 1 aromatic rings. The van der Waals surface area contributed by atoms with Gasteiger partial charge < -0.3 is 0 Å². The van der Waals surface area contributed by atoms with E-state index in [4.69, 9.17) is 0 Å². The molecule has 0 aromatic carbocycles. The van der Waals surface area contributed by atoms with Gasteiger partial charge in [0.15, 0.2) is 0 Å². The molecule has 1 rings (SSSR count). The lowest BCUT2D eigenvalue weighted by Gasteiger charge is -1.97. The lowest BCUT2D eigenvalue weighted by atomic mass is 10.1. The molecular formula is C10H13N. The first-order valence-electron chi connectivity index (χ1n) is 3.83. The van der Waals surface area contributed by atoms with Gasteiger partial charge in [0, 0.05) is 11.9 Å². The van der Waals surface area contributed by atoms with Crippen LogP contribution >= 0.6 is 0 Å². The first-order chi connectivity index (χ1) is 5.29. The molecule has 0 aliphatic carbocycles. The molecule has 1 nitrogen and oxygen atoms in total. The van der Waals surface area contributed by atoms with Crippen LogP contribution in [0.25, 0.3) is 0 Å². The molecule has 0 aliphatic rings. The molecule has 1 heteroatoms. The number of aryl methyl sites for hydroxylation is 1. The van der Waals surface area contributed by atoms with E-state index in [-0.39, 0.29) is 0 Å². The number of nitrogens with zero attached hydrogens (tertiary/aromatic N) is 1. The topological polar surface area (TPSA) is 12.9 Å². The number of aromatic nitrogens is 1. The van der Waals surface area contributed by atoms with Gasteiger partial charge in [-0.3, -0.25) is 4.98 Å². The second-order valence-electron chi connectivity index (χ2n) is 2.78. The molecule has 0 saturated heterocycles. The molecule has 0 aliphatic heterocycles. The Kier molecular flexibility index (Phi) is 2.84. The number of allylic oxidation sites excluding steroid dienone is 1. The van der Waals surface area contributed by atoms with E-state index in [0.29, 0.717) is 0 Å². The fourth-order valence-corrected chi connectivity index (χ4v) is 0.887. The summed E-state index contributed by atoms with van der Waals surface area (Å²) >= 11 is 0. The predicted molar refractivity (Wildman–Crippen MR) is 47.4 cm³/mol. The number of hydrogen-bond donors (Lipinski definition) is 0. The van der Waals surface area contributed by atoms with Gasteiger partial charge in [0.2, 0.25) is 0 Å². The summed E-state index contributed by atoms with van der Waals surface area (Å²) in [4.78, 5) is 4.21. The van der Waals surface area contributed by atoms with Crippen molar-refractivity contribution in [3.63, 3.8) is 0 Å². The van der Waals surface area contributed by atoms with E-state index < -0.39 is 0 Å². The molecular weight excluding hydrogens is 134 g/mol. The molecule has 0 fully saturated rings. The van der Waals surface area contributed by atoms with E-state index >= 15 is 0 Å². The third kappa shape index (κ3) is 2.99. The number of rotatable bonds is 3. The van der Waals surface area contributed by atoms with Gasteiger partial charge >= 0.3 is 0 Å². The molecule has 0 bridgehead atoms. The average molecular weight is 147 g/mol. The lowest BCUT2D eigenvalue weighted by molar-refractivity contribution is 0.903. The van der Waals surface area contributed by atoms with E-state index in [1.807, 2.05) is 31.3 Å². The number of pyridine rings is 1. The van der Waals surface area contributed by atoms with E-state index in [0.717, 1.165) is 18.5 Å². The van der Waals surface area contributed by atoms with Crippen molar-refractivity contribution >= 4 is 0 Å². The van der Waals surface area contributed by atoms with Gasteiger partial charge in [-0.25, -0.2) is 0 Å². The maximum atomic E-state index is 4.21. The van der Waals surface area contributed by atoms with Crippen LogP contribution in [0.1, 0.15) is 19.0 Å². The van der Waals surface area contributed by atoms with Crippen LogP contribution in [0.2, 0.25) is 0 Å². The minimum absolute atomic E-state index is 1.01. The highest BCUT2D eigenvalue weighted by Crippen LogP contribution is 2.03. The van der Waals surface area contributed by atoms with Gasteiger partial charge in [0.1, 0.15) is 0 Å². The summed E-state index contributed by atoms with van der Waals surface area (Å²) in [6.45, 7) is 5.89. The highest BCUT2D eigenvalue weighted by atomic mass is 14.7. The largest absolute Gasteiger partial charge is 0.261 e. The van der Waals surface area contributed by atoms with Crippen LogP contribution in [0.3, 0.4) is 0 Å². The Morgan fingerprint density at radius 1 is 1.55 bits per heavy atom. The second-order valence-corrected chi connectivity index (χ2v) is 2.78. The summed E-state index contributed by atoms with van der Waals surface area (Å²) in [5.74, 6) is 0. The fraction of sp³-hybridized carbons (Fsp3) is 0.300. The molecule has 11 heavy (non-hydrogen) atoms. The van der Waals surface area contributed by atoms with Crippen LogP contribution in [0.15, 0.2) is 36.5 Å². The Balaban J connectivity index is 2.45. The molecule has 0 atom stereocenters. The summed E-state index contributed by atoms with van der Waals surface area (Å²) < 4.78 is 0. The smallest absolute Gasteiger partial charge is 0.0406 e. The SMILES string of the molecule is C=C(C)CCc1ccccn1. The Morgan fingerprint density at radius 2 is 2.36 bits per heavy atom. The average Bonchev–Trinajstić information content (AvgIpc) is 2.03. The van der Waals surface area contributed by atoms with Gasteiger partial charge in [-0.1, -0.05) is 11.6 Å². The maximum Gasteiger partial charge on any atom is 0.0406 e. The van der Waals surface area contributed by atoms with Crippen LogP contribution in [-0.2, 0) is 6.42 Å². The Hall–Kier alpha value is -1.11. The summed E-state index contributed by atoms with van der Waals surface area (Å²) in [6.07, 6.45) is 3.88. The standard InChI is InChI=1S/C10H13N/c1-9(2)6-7-10-5-3-4-8-11-10/h3-5,8H,1,6-7H2,2H3. The quantitative estimate of drug-likeness (QED) is 0.599.